The standard InChI is InChI=1S/C16H18N2O7/c1-9(20)10-2-3-13-12(6-10)18(15(22)8-25-13)5-4-14(21)17-11(7-19)16(23)24/h2-3,6,11,19H,4-5,7-8H2,1H3,(H,17,21)(H,23,24). The number of rotatable bonds is 7. The van der Waals surface area contributed by atoms with Crippen molar-refractivity contribution in [3.05, 3.63) is 23.8 Å². The maximum absolute atomic E-state index is 12.1. The van der Waals surface area contributed by atoms with Gasteiger partial charge in [0.15, 0.2) is 12.4 Å². The molecule has 0 saturated heterocycles. The lowest BCUT2D eigenvalue weighted by atomic mass is 10.1. The highest BCUT2D eigenvalue weighted by Crippen LogP contribution is 2.33. The summed E-state index contributed by atoms with van der Waals surface area (Å²) in [5.41, 5.74) is 0.784. The van der Waals surface area contributed by atoms with Crippen molar-refractivity contribution in [2.45, 2.75) is 19.4 Å². The molecule has 134 valence electrons. The molecule has 1 aliphatic heterocycles. The predicted molar refractivity (Wildman–Crippen MR) is 85.6 cm³/mol. The summed E-state index contributed by atoms with van der Waals surface area (Å²) in [6, 6.07) is 3.28. The smallest absolute Gasteiger partial charge is 0.328 e. The van der Waals surface area contributed by atoms with Gasteiger partial charge in [0.2, 0.25) is 5.91 Å². The highest BCUT2D eigenvalue weighted by atomic mass is 16.5. The van der Waals surface area contributed by atoms with Crippen LogP contribution in [0.4, 0.5) is 5.69 Å². The molecule has 1 heterocycles. The number of amides is 2. The second-order valence-corrected chi connectivity index (χ2v) is 5.46. The van der Waals surface area contributed by atoms with Crippen molar-refractivity contribution in [1.29, 1.82) is 0 Å². The van der Waals surface area contributed by atoms with E-state index in [1.165, 1.54) is 17.9 Å². The van der Waals surface area contributed by atoms with Crippen LogP contribution in [-0.2, 0) is 14.4 Å². The number of aliphatic hydroxyl groups is 1. The lowest BCUT2D eigenvalue weighted by Crippen LogP contribution is -2.45. The molecule has 0 bridgehead atoms. The lowest BCUT2D eigenvalue weighted by Gasteiger charge is -2.29. The molecule has 3 N–H and O–H groups in total. The topological polar surface area (TPSA) is 133 Å². The molecule has 1 aromatic rings. The molecule has 0 spiro atoms. The number of carbonyl (C=O) groups is 4. The van der Waals surface area contributed by atoms with Crippen LogP contribution in [0.5, 0.6) is 5.75 Å². The maximum atomic E-state index is 12.1. The minimum Gasteiger partial charge on any atom is -0.482 e. The fourth-order valence-electron chi connectivity index (χ4n) is 2.33. The van der Waals surface area contributed by atoms with Gasteiger partial charge in [-0.25, -0.2) is 4.79 Å². The molecular formula is C16H18N2O7. The zero-order valence-corrected chi connectivity index (χ0v) is 13.5. The van der Waals surface area contributed by atoms with Crippen molar-refractivity contribution < 1.29 is 34.1 Å². The summed E-state index contributed by atoms with van der Waals surface area (Å²) < 4.78 is 5.31. The van der Waals surface area contributed by atoms with Gasteiger partial charge in [-0.1, -0.05) is 0 Å². The number of nitrogens with zero attached hydrogens (tertiary/aromatic N) is 1. The van der Waals surface area contributed by atoms with E-state index in [0.29, 0.717) is 17.0 Å². The quantitative estimate of drug-likeness (QED) is 0.568. The third kappa shape index (κ3) is 4.32. The number of carboxylic acids is 1. The van der Waals surface area contributed by atoms with Crippen LogP contribution >= 0.6 is 0 Å². The first-order valence-electron chi connectivity index (χ1n) is 7.54. The third-order valence-corrected chi connectivity index (χ3v) is 3.69. The number of fused-ring (bicyclic) bond motifs is 1. The minimum absolute atomic E-state index is 0.0137. The van der Waals surface area contributed by atoms with E-state index in [4.69, 9.17) is 14.9 Å². The van der Waals surface area contributed by atoms with Gasteiger partial charge in [0.05, 0.1) is 12.3 Å². The Labute approximate surface area is 143 Å². The molecule has 9 nitrogen and oxygen atoms in total. The molecule has 1 aromatic carbocycles. The average Bonchev–Trinajstić information content (AvgIpc) is 2.57. The van der Waals surface area contributed by atoms with Crippen molar-refractivity contribution >= 4 is 29.3 Å². The van der Waals surface area contributed by atoms with E-state index < -0.39 is 24.5 Å². The Bertz CT molecular complexity index is 716. The zero-order chi connectivity index (χ0) is 18.6. The average molecular weight is 350 g/mol. The van der Waals surface area contributed by atoms with Crippen LogP contribution < -0.4 is 15.0 Å². The van der Waals surface area contributed by atoms with Crippen molar-refractivity contribution in [2.24, 2.45) is 0 Å². The molecule has 0 radical (unpaired) electrons. The first-order chi connectivity index (χ1) is 11.8. The van der Waals surface area contributed by atoms with Crippen LogP contribution in [0.3, 0.4) is 0 Å². The van der Waals surface area contributed by atoms with Gasteiger partial charge in [-0.15, -0.1) is 0 Å². The Balaban J connectivity index is 2.11. The van der Waals surface area contributed by atoms with Crippen LogP contribution in [0.15, 0.2) is 18.2 Å². The lowest BCUT2D eigenvalue weighted by molar-refractivity contribution is -0.143. The number of carbonyl (C=O) groups excluding carboxylic acids is 3. The first kappa shape index (κ1) is 18.4. The summed E-state index contributed by atoms with van der Waals surface area (Å²) in [4.78, 5) is 47.6. The summed E-state index contributed by atoms with van der Waals surface area (Å²) in [5.74, 6) is -2.10. The summed E-state index contributed by atoms with van der Waals surface area (Å²) in [5, 5.41) is 19.9. The molecule has 0 fully saturated rings. The van der Waals surface area contributed by atoms with E-state index in [1.54, 1.807) is 12.1 Å². The minimum atomic E-state index is -1.40. The second kappa shape index (κ2) is 7.75. The Hall–Kier alpha value is -2.94. The number of Topliss-reactive ketones (excluding diaryl/α,β-unsaturated/α-hetero) is 1. The number of hydrogen-bond donors (Lipinski definition) is 3. The van der Waals surface area contributed by atoms with E-state index in [2.05, 4.69) is 5.32 Å². The van der Waals surface area contributed by atoms with Gasteiger partial charge >= 0.3 is 5.97 Å². The summed E-state index contributed by atoms with van der Waals surface area (Å²) in [6.45, 7) is 0.455. The van der Waals surface area contributed by atoms with Crippen LogP contribution in [-0.4, -0.2) is 59.6 Å². The number of ether oxygens (including phenoxy) is 1. The number of anilines is 1. The molecule has 1 aliphatic rings. The van der Waals surface area contributed by atoms with Crippen molar-refractivity contribution in [3.63, 3.8) is 0 Å². The second-order valence-electron chi connectivity index (χ2n) is 5.46. The van der Waals surface area contributed by atoms with E-state index in [-0.39, 0.29) is 31.3 Å². The van der Waals surface area contributed by atoms with Crippen LogP contribution in [0.25, 0.3) is 0 Å². The maximum Gasteiger partial charge on any atom is 0.328 e. The van der Waals surface area contributed by atoms with E-state index >= 15 is 0 Å². The fourth-order valence-corrected chi connectivity index (χ4v) is 2.33. The van der Waals surface area contributed by atoms with Crippen molar-refractivity contribution in [2.75, 3.05) is 24.7 Å². The summed E-state index contributed by atoms with van der Waals surface area (Å²) >= 11 is 0. The molecule has 2 rings (SSSR count). The number of ketones is 1. The molecule has 0 aliphatic carbocycles. The molecule has 1 atom stereocenters. The molecule has 9 heteroatoms. The van der Waals surface area contributed by atoms with Gasteiger partial charge in [-0.3, -0.25) is 14.4 Å². The van der Waals surface area contributed by atoms with Crippen LogP contribution in [0, 0.1) is 0 Å². The number of aliphatic carboxylic acids is 1. The number of aliphatic hydroxyl groups excluding tert-OH is 1. The highest BCUT2D eigenvalue weighted by molar-refractivity contribution is 6.01. The Morgan fingerprint density at radius 3 is 2.68 bits per heavy atom. The van der Waals surface area contributed by atoms with E-state index in [1.807, 2.05) is 0 Å². The SMILES string of the molecule is CC(=O)c1ccc2c(c1)N(CCC(=O)NC(CO)C(=O)O)C(=O)CO2. The van der Waals surface area contributed by atoms with Crippen molar-refractivity contribution in [3.8, 4) is 5.75 Å². The Morgan fingerprint density at radius 2 is 2.08 bits per heavy atom. The molecule has 0 saturated carbocycles. The zero-order valence-electron chi connectivity index (χ0n) is 13.5. The van der Waals surface area contributed by atoms with Gasteiger partial charge in [-0.2, -0.15) is 0 Å². The monoisotopic (exact) mass is 350 g/mol. The third-order valence-electron chi connectivity index (χ3n) is 3.69. The van der Waals surface area contributed by atoms with Gasteiger partial charge in [0.25, 0.3) is 5.91 Å². The van der Waals surface area contributed by atoms with Gasteiger partial charge in [0.1, 0.15) is 11.8 Å². The number of hydrogen-bond acceptors (Lipinski definition) is 6. The predicted octanol–water partition coefficient (Wildman–Crippen LogP) is -0.434. The molecule has 1 unspecified atom stereocenters. The number of carboxylic acid groups (broad SMARTS) is 1. The number of benzene rings is 1. The number of nitrogens with one attached hydrogen (secondary N) is 1. The fraction of sp³-hybridized carbons (Fsp3) is 0.375. The van der Waals surface area contributed by atoms with Crippen LogP contribution in [0.1, 0.15) is 23.7 Å². The Kier molecular flexibility index (Phi) is 5.71. The molecule has 0 aromatic heterocycles. The largest absolute Gasteiger partial charge is 0.482 e. The van der Waals surface area contributed by atoms with Crippen molar-refractivity contribution in [1.82, 2.24) is 5.32 Å². The normalized spacial score (nSPS) is 14.3. The first-order valence-corrected chi connectivity index (χ1v) is 7.54. The van der Waals surface area contributed by atoms with Gasteiger partial charge < -0.3 is 25.2 Å². The highest BCUT2D eigenvalue weighted by Gasteiger charge is 2.27. The summed E-state index contributed by atoms with van der Waals surface area (Å²) in [7, 11) is 0. The van der Waals surface area contributed by atoms with Gasteiger partial charge in [0, 0.05) is 18.5 Å². The molecule has 25 heavy (non-hydrogen) atoms. The Morgan fingerprint density at radius 1 is 1.36 bits per heavy atom. The molecular weight excluding hydrogens is 332 g/mol. The van der Waals surface area contributed by atoms with Crippen LogP contribution in [0.2, 0.25) is 0 Å². The summed E-state index contributed by atoms with van der Waals surface area (Å²) in [6.07, 6.45) is -0.167. The molecule has 2 amide bonds. The van der Waals surface area contributed by atoms with E-state index in [9.17, 15) is 19.2 Å². The van der Waals surface area contributed by atoms with Gasteiger partial charge in [-0.05, 0) is 25.1 Å². The van der Waals surface area contributed by atoms with E-state index in [0.717, 1.165) is 0 Å².